The summed E-state index contributed by atoms with van der Waals surface area (Å²) in [4.78, 5) is 23.9. The zero-order valence-electron chi connectivity index (χ0n) is 19.2. The second-order valence-corrected chi connectivity index (χ2v) is 9.19. The van der Waals surface area contributed by atoms with E-state index in [0.29, 0.717) is 24.0 Å². The fourth-order valence-electron chi connectivity index (χ4n) is 4.68. The molecule has 0 bridgehead atoms. The Labute approximate surface area is 191 Å². The highest BCUT2D eigenvalue weighted by Crippen LogP contribution is 2.23. The maximum Gasteiger partial charge on any atom is 0.275 e. The van der Waals surface area contributed by atoms with Crippen molar-refractivity contribution in [2.45, 2.75) is 45.3 Å². The predicted octanol–water partition coefficient (Wildman–Crippen LogP) is 2.66. The lowest BCUT2D eigenvalue weighted by atomic mass is 9.90. The first-order valence-electron chi connectivity index (χ1n) is 12.0. The number of hydrogen-bond donors (Lipinski definition) is 1. The van der Waals surface area contributed by atoms with E-state index in [1.807, 2.05) is 11.8 Å². The Hall–Kier alpha value is -2.22. The average molecular weight is 441 g/mol. The topological polar surface area (TPSA) is 73.1 Å². The average Bonchev–Trinajstić information content (AvgIpc) is 3.29. The summed E-state index contributed by atoms with van der Waals surface area (Å²) in [7, 11) is 0. The summed E-state index contributed by atoms with van der Waals surface area (Å²) in [6.07, 6.45) is 5.21. The van der Waals surface area contributed by atoms with Crippen LogP contribution in [0.25, 0.3) is 0 Å². The molecule has 7 nitrogen and oxygen atoms in total. The van der Waals surface area contributed by atoms with Gasteiger partial charge in [0.1, 0.15) is 6.26 Å². The van der Waals surface area contributed by atoms with Crippen LogP contribution in [0, 0.1) is 5.92 Å². The molecule has 3 heterocycles. The van der Waals surface area contributed by atoms with Gasteiger partial charge in [0.05, 0.1) is 12.6 Å². The van der Waals surface area contributed by atoms with Crippen LogP contribution in [0.1, 0.15) is 48.1 Å². The number of benzene rings is 1. The number of amides is 1. The maximum atomic E-state index is 12.9. The van der Waals surface area contributed by atoms with Gasteiger partial charge in [0.25, 0.3) is 5.91 Å². The minimum atomic E-state index is -0.245. The largest absolute Gasteiger partial charge is 0.447 e. The van der Waals surface area contributed by atoms with Gasteiger partial charge >= 0.3 is 0 Å². The fraction of sp³-hybridized carbons (Fsp3) is 0.600. The molecule has 0 saturated carbocycles. The van der Waals surface area contributed by atoms with Gasteiger partial charge < -0.3 is 14.4 Å². The van der Waals surface area contributed by atoms with Crippen LogP contribution < -0.4 is 0 Å². The number of oxazole rings is 1. The molecule has 2 saturated heterocycles. The van der Waals surface area contributed by atoms with Crippen molar-refractivity contribution in [3.05, 3.63) is 53.7 Å². The molecule has 1 N–H and O–H groups in total. The molecule has 0 radical (unpaired) electrons. The van der Waals surface area contributed by atoms with E-state index in [0.717, 1.165) is 71.5 Å². The minimum Gasteiger partial charge on any atom is -0.447 e. The van der Waals surface area contributed by atoms with Crippen molar-refractivity contribution < 1.29 is 14.3 Å². The van der Waals surface area contributed by atoms with Crippen LogP contribution in [0.3, 0.4) is 0 Å². The number of aliphatic hydroxyl groups is 1. The first-order chi connectivity index (χ1) is 15.6. The monoisotopic (exact) mass is 440 g/mol. The number of aliphatic hydroxyl groups excluding tert-OH is 1. The quantitative estimate of drug-likeness (QED) is 0.680. The molecule has 1 aromatic heterocycles. The van der Waals surface area contributed by atoms with Crippen LogP contribution in [0.15, 0.2) is 41.0 Å². The van der Waals surface area contributed by atoms with Crippen molar-refractivity contribution >= 4 is 5.91 Å². The second kappa shape index (κ2) is 11.1. The Morgan fingerprint density at radius 1 is 1.09 bits per heavy atom. The Kier molecular flexibility index (Phi) is 7.95. The van der Waals surface area contributed by atoms with Crippen LogP contribution >= 0.6 is 0 Å². The Bertz CT molecular complexity index is 840. The smallest absolute Gasteiger partial charge is 0.275 e. The summed E-state index contributed by atoms with van der Waals surface area (Å²) in [5, 5.41) is 9.84. The Balaban J connectivity index is 1.21. The van der Waals surface area contributed by atoms with Crippen LogP contribution in [0.4, 0.5) is 0 Å². The summed E-state index contributed by atoms with van der Waals surface area (Å²) in [5.74, 6) is 1.22. The Morgan fingerprint density at radius 3 is 2.47 bits per heavy atom. The summed E-state index contributed by atoms with van der Waals surface area (Å²) >= 11 is 0. The zero-order chi connectivity index (χ0) is 22.3. The summed E-state index contributed by atoms with van der Waals surface area (Å²) in [6.45, 7) is 8.63. The lowest BCUT2D eigenvalue weighted by Gasteiger charge is -2.34. The molecule has 4 rings (SSSR count). The molecular weight excluding hydrogens is 404 g/mol. The first-order valence-corrected chi connectivity index (χ1v) is 12.0. The SMILES string of the molecule is CCC(O)CN1CCN(Cc2nc(C(=O)N3CCC(Cc4ccccc4)CC3)co2)CC1. The number of hydrogen-bond acceptors (Lipinski definition) is 6. The third kappa shape index (κ3) is 6.18. The van der Waals surface area contributed by atoms with Crippen molar-refractivity contribution in [1.82, 2.24) is 19.7 Å². The maximum absolute atomic E-state index is 12.9. The summed E-state index contributed by atoms with van der Waals surface area (Å²) in [6, 6.07) is 10.6. The number of likely N-dealkylation sites (tertiary alicyclic amines) is 1. The molecule has 1 aromatic carbocycles. The lowest BCUT2D eigenvalue weighted by molar-refractivity contribution is 0.0658. The van der Waals surface area contributed by atoms with Crippen molar-refractivity contribution in [2.75, 3.05) is 45.8 Å². The molecule has 2 aliphatic heterocycles. The summed E-state index contributed by atoms with van der Waals surface area (Å²) in [5.41, 5.74) is 1.80. The van der Waals surface area contributed by atoms with Crippen LogP contribution in [-0.4, -0.2) is 82.6 Å². The van der Waals surface area contributed by atoms with E-state index >= 15 is 0 Å². The Morgan fingerprint density at radius 2 is 1.78 bits per heavy atom. The van der Waals surface area contributed by atoms with E-state index in [1.165, 1.54) is 11.8 Å². The molecule has 1 atom stereocenters. The highest BCUT2D eigenvalue weighted by molar-refractivity contribution is 5.92. The number of nitrogens with zero attached hydrogens (tertiary/aromatic N) is 4. The molecular formula is C25H36N4O3. The van der Waals surface area contributed by atoms with Gasteiger partial charge in [0.2, 0.25) is 5.89 Å². The van der Waals surface area contributed by atoms with Crippen molar-refractivity contribution in [3.63, 3.8) is 0 Å². The van der Waals surface area contributed by atoms with Crippen molar-refractivity contribution in [2.24, 2.45) is 5.92 Å². The van der Waals surface area contributed by atoms with Crippen molar-refractivity contribution in [1.29, 1.82) is 0 Å². The standard InChI is InChI=1S/C25H36N4O3/c1-2-22(30)17-27-12-14-28(15-13-27)18-24-26-23(19-32-24)25(31)29-10-8-21(9-11-29)16-20-6-4-3-5-7-20/h3-7,19,21-22,30H,2,8-18H2,1H3. The molecule has 7 heteroatoms. The molecule has 1 amide bonds. The normalized spacial score (nSPS) is 19.9. The fourth-order valence-corrected chi connectivity index (χ4v) is 4.68. The number of carbonyl (C=O) groups is 1. The van der Waals surface area contributed by atoms with Gasteiger partial charge in [-0.1, -0.05) is 37.3 Å². The minimum absolute atomic E-state index is 0.0171. The number of piperidine rings is 1. The van der Waals surface area contributed by atoms with E-state index in [-0.39, 0.29) is 12.0 Å². The highest BCUT2D eigenvalue weighted by atomic mass is 16.3. The van der Waals surface area contributed by atoms with Gasteiger partial charge in [-0.3, -0.25) is 14.6 Å². The number of carbonyl (C=O) groups excluding carboxylic acids is 1. The van der Waals surface area contributed by atoms with Gasteiger partial charge in [-0.25, -0.2) is 4.98 Å². The molecule has 174 valence electrons. The number of aromatic nitrogens is 1. The van der Waals surface area contributed by atoms with Crippen LogP contribution in [-0.2, 0) is 13.0 Å². The molecule has 2 aliphatic rings. The molecule has 2 aromatic rings. The number of β-amino-alcohol motifs (C(OH)–C–C–N with tert-alkyl or cyclic N) is 1. The van der Waals surface area contributed by atoms with Crippen molar-refractivity contribution in [3.8, 4) is 0 Å². The number of piperazine rings is 1. The zero-order valence-corrected chi connectivity index (χ0v) is 19.2. The van der Waals surface area contributed by atoms with E-state index in [4.69, 9.17) is 4.42 Å². The number of rotatable bonds is 8. The van der Waals surface area contributed by atoms with E-state index in [1.54, 1.807) is 0 Å². The van der Waals surface area contributed by atoms with Gasteiger partial charge in [-0.05, 0) is 37.2 Å². The van der Waals surface area contributed by atoms with Gasteiger partial charge in [-0.15, -0.1) is 0 Å². The summed E-state index contributed by atoms with van der Waals surface area (Å²) < 4.78 is 5.63. The molecule has 1 unspecified atom stereocenters. The third-order valence-corrected chi connectivity index (χ3v) is 6.80. The predicted molar refractivity (Wildman–Crippen MR) is 123 cm³/mol. The molecule has 32 heavy (non-hydrogen) atoms. The van der Waals surface area contributed by atoms with Gasteiger partial charge in [-0.2, -0.15) is 0 Å². The van der Waals surface area contributed by atoms with Gasteiger partial charge in [0, 0.05) is 45.8 Å². The molecule has 0 spiro atoms. The van der Waals surface area contributed by atoms with E-state index in [2.05, 4.69) is 45.1 Å². The third-order valence-electron chi connectivity index (χ3n) is 6.80. The highest BCUT2D eigenvalue weighted by Gasteiger charge is 2.26. The second-order valence-electron chi connectivity index (χ2n) is 9.19. The lowest BCUT2D eigenvalue weighted by Crippen LogP contribution is -2.48. The van der Waals surface area contributed by atoms with E-state index in [9.17, 15) is 9.90 Å². The van der Waals surface area contributed by atoms with E-state index < -0.39 is 0 Å². The molecule has 0 aliphatic carbocycles. The van der Waals surface area contributed by atoms with Crippen LogP contribution in [0.5, 0.6) is 0 Å². The molecule has 2 fully saturated rings. The van der Waals surface area contributed by atoms with Crippen LogP contribution in [0.2, 0.25) is 0 Å². The first kappa shape index (κ1) is 23.0. The van der Waals surface area contributed by atoms with Gasteiger partial charge in [0.15, 0.2) is 5.69 Å².